The number of alkyl halides is 3. The SMILES string of the molecule is FC(F)(F)C1=CC[C-]=C1C1=CC=CC1.[Zr]. The molecule has 0 aromatic heterocycles. The number of allylic oxidation sites excluding steroid dienone is 8. The minimum atomic E-state index is -4.25. The smallest absolute Gasteiger partial charge is 0.197 e. The summed E-state index contributed by atoms with van der Waals surface area (Å²) < 4.78 is 37.5. The maximum Gasteiger partial charge on any atom is 0.370 e. The van der Waals surface area contributed by atoms with Crippen LogP contribution in [0.3, 0.4) is 0 Å². The molecule has 0 unspecified atom stereocenters. The molecule has 4 heteroatoms. The van der Waals surface area contributed by atoms with Crippen molar-refractivity contribution in [3.63, 3.8) is 0 Å². The molecule has 0 N–H and O–H groups in total. The van der Waals surface area contributed by atoms with Crippen LogP contribution in [0, 0.1) is 6.08 Å². The van der Waals surface area contributed by atoms with Gasteiger partial charge in [0.25, 0.3) is 0 Å². The van der Waals surface area contributed by atoms with Crippen LogP contribution in [-0.4, -0.2) is 6.18 Å². The average molecular weight is 288 g/mol. The van der Waals surface area contributed by atoms with Crippen molar-refractivity contribution >= 4 is 0 Å². The second-order valence-electron chi connectivity index (χ2n) is 3.20. The fraction of sp³-hybridized carbons (Fsp3) is 0.273. The van der Waals surface area contributed by atoms with E-state index in [1.807, 2.05) is 6.08 Å². The van der Waals surface area contributed by atoms with Gasteiger partial charge >= 0.3 is 6.18 Å². The Labute approximate surface area is 105 Å². The summed E-state index contributed by atoms with van der Waals surface area (Å²) in [6.45, 7) is 0. The molecule has 2 rings (SSSR count). The van der Waals surface area contributed by atoms with Crippen LogP contribution < -0.4 is 0 Å². The van der Waals surface area contributed by atoms with E-state index >= 15 is 0 Å². The van der Waals surface area contributed by atoms with E-state index < -0.39 is 11.7 Å². The average Bonchev–Trinajstić information content (AvgIpc) is 2.73. The Bertz CT molecular complexity index is 370. The third kappa shape index (κ3) is 2.60. The zero-order chi connectivity index (χ0) is 10.2. The van der Waals surface area contributed by atoms with Gasteiger partial charge in [0.05, 0.1) is 0 Å². The van der Waals surface area contributed by atoms with Gasteiger partial charge in [-0.15, -0.1) is 17.7 Å². The van der Waals surface area contributed by atoms with Gasteiger partial charge in [-0.1, -0.05) is 30.6 Å². The van der Waals surface area contributed by atoms with Gasteiger partial charge in [-0.25, -0.2) is 0 Å². The normalized spacial score (nSPS) is 19.5. The third-order valence-corrected chi connectivity index (χ3v) is 2.25. The Morgan fingerprint density at radius 2 is 2.00 bits per heavy atom. The molecule has 0 amide bonds. The zero-order valence-corrected chi connectivity index (χ0v) is 10.3. The van der Waals surface area contributed by atoms with Gasteiger partial charge in [-0.05, 0) is 0 Å². The standard InChI is InChI=1S/C11H8F3.Zr/c12-11(13,14)10-7-3-6-9(10)8-4-1-2-5-8;/h1-2,4,7H,3,5H2;/q-1;. The molecule has 0 atom stereocenters. The Morgan fingerprint density at radius 3 is 2.53 bits per heavy atom. The fourth-order valence-corrected chi connectivity index (χ4v) is 1.63. The molecule has 0 heterocycles. The van der Waals surface area contributed by atoms with E-state index in [0.29, 0.717) is 12.0 Å². The van der Waals surface area contributed by atoms with Crippen LogP contribution >= 0.6 is 0 Å². The topological polar surface area (TPSA) is 0 Å². The first kappa shape index (κ1) is 12.7. The van der Waals surface area contributed by atoms with Crippen LogP contribution in [0.25, 0.3) is 0 Å². The molecule has 0 aromatic rings. The molecule has 0 radical (unpaired) electrons. The minimum Gasteiger partial charge on any atom is -0.197 e. The summed E-state index contributed by atoms with van der Waals surface area (Å²) in [7, 11) is 0. The van der Waals surface area contributed by atoms with E-state index in [2.05, 4.69) is 6.08 Å². The second kappa shape index (κ2) is 4.65. The van der Waals surface area contributed by atoms with Crippen molar-refractivity contribution in [2.75, 3.05) is 0 Å². The predicted octanol–water partition coefficient (Wildman–Crippen LogP) is 3.49. The van der Waals surface area contributed by atoms with Gasteiger partial charge in [0, 0.05) is 26.2 Å². The van der Waals surface area contributed by atoms with E-state index in [-0.39, 0.29) is 38.2 Å². The first-order valence-corrected chi connectivity index (χ1v) is 4.33. The summed E-state index contributed by atoms with van der Waals surface area (Å²) in [6.07, 6.45) is 5.87. The van der Waals surface area contributed by atoms with E-state index in [1.54, 1.807) is 12.2 Å². The Balaban J connectivity index is 0.00000112. The van der Waals surface area contributed by atoms with E-state index in [9.17, 15) is 13.2 Å². The van der Waals surface area contributed by atoms with Crippen molar-refractivity contribution in [1.82, 2.24) is 0 Å². The molecule has 0 aromatic carbocycles. The van der Waals surface area contributed by atoms with Crippen molar-refractivity contribution in [2.45, 2.75) is 19.0 Å². The fourth-order valence-electron chi connectivity index (χ4n) is 1.63. The number of rotatable bonds is 1. The van der Waals surface area contributed by atoms with Gasteiger partial charge in [0.15, 0.2) is 0 Å². The summed E-state index contributed by atoms with van der Waals surface area (Å²) >= 11 is 0. The summed E-state index contributed by atoms with van der Waals surface area (Å²) in [5.74, 6) is 0. The van der Waals surface area contributed by atoms with Gasteiger partial charge < -0.3 is 0 Å². The number of halogens is 3. The molecular formula is C11H8F3Zr-. The molecule has 0 bridgehead atoms. The van der Waals surface area contributed by atoms with Gasteiger partial charge in [0.2, 0.25) is 0 Å². The summed E-state index contributed by atoms with van der Waals surface area (Å²) in [5, 5.41) is 0. The van der Waals surface area contributed by atoms with E-state index in [4.69, 9.17) is 0 Å². The van der Waals surface area contributed by atoms with Crippen LogP contribution in [0.2, 0.25) is 0 Å². The molecule has 0 saturated heterocycles. The Hall–Kier alpha value is -0.367. The van der Waals surface area contributed by atoms with Crippen LogP contribution in [-0.2, 0) is 26.2 Å². The third-order valence-electron chi connectivity index (χ3n) is 2.25. The molecular weight excluding hydrogens is 280 g/mol. The second-order valence-corrected chi connectivity index (χ2v) is 3.20. The van der Waals surface area contributed by atoms with Crippen LogP contribution in [0.5, 0.6) is 0 Å². The number of hydrogen-bond donors (Lipinski definition) is 0. The van der Waals surface area contributed by atoms with Crippen molar-refractivity contribution in [1.29, 1.82) is 0 Å². The molecule has 0 aliphatic heterocycles. The Morgan fingerprint density at radius 1 is 1.27 bits per heavy atom. The molecule has 2 aliphatic carbocycles. The Kier molecular flexibility index (Phi) is 3.94. The maximum absolute atomic E-state index is 12.5. The van der Waals surface area contributed by atoms with Crippen LogP contribution in [0.4, 0.5) is 13.2 Å². The first-order valence-electron chi connectivity index (χ1n) is 4.33. The van der Waals surface area contributed by atoms with Gasteiger partial charge in [-0.3, -0.25) is 0 Å². The molecule has 78 valence electrons. The molecule has 0 spiro atoms. The zero-order valence-electron chi connectivity index (χ0n) is 7.86. The summed E-state index contributed by atoms with van der Waals surface area (Å²) in [6, 6.07) is 0. The largest absolute Gasteiger partial charge is 0.370 e. The monoisotopic (exact) mass is 287 g/mol. The van der Waals surface area contributed by atoms with E-state index in [0.717, 1.165) is 0 Å². The van der Waals surface area contributed by atoms with Gasteiger partial charge in [-0.2, -0.15) is 24.8 Å². The van der Waals surface area contributed by atoms with Crippen molar-refractivity contribution < 1.29 is 39.4 Å². The minimum absolute atomic E-state index is 0. The number of hydrogen-bond acceptors (Lipinski definition) is 0. The maximum atomic E-state index is 12.5. The quantitative estimate of drug-likeness (QED) is 0.648. The first-order chi connectivity index (χ1) is 6.59. The molecule has 0 fully saturated rings. The van der Waals surface area contributed by atoms with Crippen molar-refractivity contribution in [2.24, 2.45) is 0 Å². The predicted molar refractivity (Wildman–Crippen MR) is 47.4 cm³/mol. The molecule has 2 aliphatic rings. The van der Waals surface area contributed by atoms with Crippen LogP contribution in [0.1, 0.15) is 12.8 Å². The van der Waals surface area contributed by atoms with E-state index in [1.165, 1.54) is 6.08 Å². The molecule has 0 nitrogen and oxygen atoms in total. The summed E-state index contributed by atoms with van der Waals surface area (Å²) in [5.41, 5.74) is 0.418. The van der Waals surface area contributed by atoms with Gasteiger partial charge in [0.1, 0.15) is 0 Å². The summed E-state index contributed by atoms with van der Waals surface area (Å²) in [4.78, 5) is 0. The van der Waals surface area contributed by atoms with Crippen LogP contribution in [0.15, 0.2) is 41.0 Å². The molecule has 15 heavy (non-hydrogen) atoms. The van der Waals surface area contributed by atoms with Crippen molar-refractivity contribution in [3.8, 4) is 0 Å². The molecule has 0 saturated carbocycles. The van der Waals surface area contributed by atoms with Crippen molar-refractivity contribution in [3.05, 3.63) is 47.1 Å².